The second-order valence-corrected chi connectivity index (χ2v) is 7.07. The molecule has 0 amide bonds. The van der Waals surface area contributed by atoms with Crippen LogP contribution in [0.1, 0.15) is 47.5 Å². The van der Waals surface area contributed by atoms with E-state index >= 15 is 0 Å². The molecule has 2 aromatic heterocycles. The van der Waals surface area contributed by atoms with Crippen LogP contribution in [0.5, 0.6) is 0 Å². The highest BCUT2D eigenvalue weighted by atomic mass is 32.1. The molecule has 1 aliphatic rings. The van der Waals surface area contributed by atoms with Gasteiger partial charge in [-0.25, -0.2) is 0 Å². The second kappa shape index (κ2) is 6.32. The van der Waals surface area contributed by atoms with Crippen molar-refractivity contribution in [3.63, 3.8) is 0 Å². The smallest absolute Gasteiger partial charge is 0.0596 e. The molecule has 3 rings (SSSR count). The fourth-order valence-corrected chi connectivity index (χ4v) is 4.64. The summed E-state index contributed by atoms with van der Waals surface area (Å²) in [5, 5.41) is 10.5. The molecule has 4 heteroatoms. The van der Waals surface area contributed by atoms with Crippen LogP contribution in [-0.2, 0) is 19.9 Å². The Hall–Kier alpha value is -1.13. The predicted octanol–water partition coefficient (Wildman–Crippen LogP) is 3.43. The summed E-state index contributed by atoms with van der Waals surface area (Å²) in [6.45, 7) is 5.31. The van der Waals surface area contributed by atoms with Crippen molar-refractivity contribution < 1.29 is 0 Å². The predicted molar refractivity (Wildman–Crippen MR) is 89.1 cm³/mol. The highest BCUT2D eigenvalue weighted by Crippen LogP contribution is 2.37. The van der Waals surface area contributed by atoms with E-state index < -0.39 is 0 Å². The zero-order valence-electron chi connectivity index (χ0n) is 13.2. The van der Waals surface area contributed by atoms with E-state index in [4.69, 9.17) is 0 Å². The Bertz CT molecular complexity index is 599. The van der Waals surface area contributed by atoms with Crippen molar-refractivity contribution in [2.24, 2.45) is 7.05 Å². The monoisotopic (exact) mass is 303 g/mol. The molecular weight excluding hydrogens is 278 g/mol. The quantitative estimate of drug-likeness (QED) is 0.917. The third kappa shape index (κ3) is 3.06. The maximum Gasteiger partial charge on any atom is 0.0596 e. The van der Waals surface area contributed by atoms with E-state index in [1.54, 1.807) is 10.4 Å². The molecule has 2 atom stereocenters. The molecule has 2 unspecified atom stereocenters. The van der Waals surface area contributed by atoms with Crippen LogP contribution in [0.2, 0.25) is 0 Å². The lowest BCUT2D eigenvalue weighted by atomic mass is 9.81. The number of nitrogens with zero attached hydrogens (tertiary/aromatic N) is 2. The van der Waals surface area contributed by atoms with Crippen LogP contribution in [0.25, 0.3) is 0 Å². The van der Waals surface area contributed by atoms with Gasteiger partial charge in [-0.3, -0.25) is 4.68 Å². The minimum Gasteiger partial charge on any atom is -0.313 e. The zero-order valence-corrected chi connectivity index (χ0v) is 14.0. The number of thiophene rings is 1. The molecule has 114 valence electrons. The molecule has 3 nitrogen and oxygen atoms in total. The molecule has 0 saturated heterocycles. The van der Waals surface area contributed by atoms with E-state index in [0.717, 1.165) is 18.7 Å². The minimum atomic E-state index is 0.512. The van der Waals surface area contributed by atoms with Crippen LogP contribution in [0.15, 0.2) is 17.5 Å². The van der Waals surface area contributed by atoms with Gasteiger partial charge in [0.15, 0.2) is 0 Å². The first-order valence-corrected chi connectivity index (χ1v) is 8.86. The van der Waals surface area contributed by atoms with Gasteiger partial charge in [-0.2, -0.15) is 5.10 Å². The Kier molecular flexibility index (Phi) is 4.45. The second-order valence-electron chi connectivity index (χ2n) is 6.07. The Balaban J connectivity index is 1.84. The summed E-state index contributed by atoms with van der Waals surface area (Å²) in [6.07, 6.45) is 4.96. The van der Waals surface area contributed by atoms with Crippen molar-refractivity contribution in [1.29, 1.82) is 0 Å². The lowest BCUT2D eigenvalue weighted by Gasteiger charge is -2.31. The average molecular weight is 303 g/mol. The number of fused-ring (bicyclic) bond motifs is 1. The van der Waals surface area contributed by atoms with E-state index in [1.807, 2.05) is 16.0 Å². The molecule has 1 N–H and O–H groups in total. The first-order valence-electron chi connectivity index (χ1n) is 7.98. The van der Waals surface area contributed by atoms with Gasteiger partial charge in [-0.05, 0) is 55.8 Å². The Morgan fingerprint density at radius 2 is 2.38 bits per heavy atom. The van der Waals surface area contributed by atoms with E-state index in [1.165, 1.54) is 25.0 Å². The van der Waals surface area contributed by atoms with Gasteiger partial charge in [0.25, 0.3) is 0 Å². The number of nitrogens with one attached hydrogen (secondary N) is 1. The first kappa shape index (κ1) is 14.8. The van der Waals surface area contributed by atoms with Crippen molar-refractivity contribution in [3.05, 3.63) is 39.3 Å². The topological polar surface area (TPSA) is 29.9 Å². The summed E-state index contributed by atoms with van der Waals surface area (Å²) in [6, 6.07) is 5.09. The number of hydrogen-bond acceptors (Lipinski definition) is 3. The van der Waals surface area contributed by atoms with Crippen LogP contribution < -0.4 is 5.32 Å². The zero-order chi connectivity index (χ0) is 14.8. The molecular formula is C17H25N3S. The van der Waals surface area contributed by atoms with Gasteiger partial charge < -0.3 is 5.32 Å². The molecule has 0 bridgehead atoms. The minimum absolute atomic E-state index is 0.512. The fraction of sp³-hybridized carbons (Fsp3) is 0.588. The first-order chi connectivity index (χ1) is 10.2. The highest BCUT2D eigenvalue weighted by Gasteiger charge is 2.29. The van der Waals surface area contributed by atoms with Gasteiger partial charge in [-0.1, -0.05) is 6.92 Å². The molecule has 21 heavy (non-hydrogen) atoms. The van der Waals surface area contributed by atoms with Gasteiger partial charge in [0.1, 0.15) is 0 Å². The van der Waals surface area contributed by atoms with E-state index in [2.05, 4.69) is 48.8 Å². The normalized spacial score (nSPS) is 19.5. The summed E-state index contributed by atoms with van der Waals surface area (Å²) in [5.74, 6) is 0.648. The maximum atomic E-state index is 4.49. The van der Waals surface area contributed by atoms with Gasteiger partial charge in [0.05, 0.1) is 5.69 Å². The Morgan fingerprint density at radius 1 is 1.52 bits per heavy atom. The van der Waals surface area contributed by atoms with Crippen LogP contribution in [0.4, 0.5) is 0 Å². The molecule has 1 aliphatic carbocycles. The van der Waals surface area contributed by atoms with Crippen molar-refractivity contribution in [2.75, 3.05) is 6.54 Å². The summed E-state index contributed by atoms with van der Waals surface area (Å²) in [7, 11) is 2.06. The number of aromatic nitrogens is 2. The molecule has 2 aromatic rings. The van der Waals surface area contributed by atoms with Crippen molar-refractivity contribution in [3.8, 4) is 0 Å². The number of rotatable bonds is 5. The fourth-order valence-electron chi connectivity index (χ4n) is 3.64. The SMILES string of the molecule is CCNC(Cc1cc(C)nn1C)C1CCCc2sccc21. The molecule has 0 spiro atoms. The van der Waals surface area contributed by atoms with Gasteiger partial charge >= 0.3 is 0 Å². The Morgan fingerprint density at radius 3 is 3.10 bits per heavy atom. The lowest BCUT2D eigenvalue weighted by molar-refractivity contribution is 0.391. The van der Waals surface area contributed by atoms with Crippen LogP contribution in [-0.4, -0.2) is 22.4 Å². The van der Waals surface area contributed by atoms with Crippen LogP contribution in [0.3, 0.4) is 0 Å². The van der Waals surface area contributed by atoms with Gasteiger partial charge in [0, 0.05) is 36.0 Å². The highest BCUT2D eigenvalue weighted by molar-refractivity contribution is 7.10. The van der Waals surface area contributed by atoms with Gasteiger partial charge in [-0.15, -0.1) is 11.3 Å². The van der Waals surface area contributed by atoms with E-state index in [0.29, 0.717) is 12.0 Å². The number of hydrogen-bond donors (Lipinski definition) is 1. The van der Waals surface area contributed by atoms with E-state index in [9.17, 15) is 0 Å². The van der Waals surface area contributed by atoms with Crippen LogP contribution in [0, 0.1) is 6.92 Å². The van der Waals surface area contributed by atoms with Crippen LogP contribution >= 0.6 is 11.3 Å². The number of aryl methyl sites for hydroxylation is 3. The van der Waals surface area contributed by atoms with Crippen molar-refractivity contribution >= 4 is 11.3 Å². The maximum absolute atomic E-state index is 4.49. The van der Waals surface area contributed by atoms with E-state index in [-0.39, 0.29) is 0 Å². The molecule has 0 radical (unpaired) electrons. The summed E-state index contributed by atoms with van der Waals surface area (Å²) in [5.41, 5.74) is 4.04. The molecule has 0 aliphatic heterocycles. The van der Waals surface area contributed by atoms with Crippen molar-refractivity contribution in [1.82, 2.24) is 15.1 Å². The summed E-state index contributed by atoms with van der Waals surface area (Å²) < 4.78 is 2.04. The number of likely N-dealkylation sites (N-methyl/N-ethyl adjacent to an activating group) is 1. The third-order valence-electron chi connectivity index (χ3n) is 4.58. The average Bonchev–Trinajstić information content (AvgIpc) is 3.04. The summed E-state index contributed by atoms with van der Waals surface area (Å²) in [4.78, 5) is 1.61. The Labute approximate surface area is 131 Å². The molecule has 0 saturated carbocycles. The largest absolute Gasteiger partial charge is 0.313 e. The molecule has 0 fully saturated rings. The lowest BCUT2D eigenvalue weighted by Crippen LogP contribution is -2.38. The molecule has 0 aromatic carbocycles. The van der Waals surface area contributed by atoms with Gasteiger partial charge in [0.2, 0.25) is 0 Å². The molecule has 2 heterocycles. The third-order valence-corrected chi connectivity index (χ3v) is 5.57. The standard InChI is InChI=1S/C17H25N3S/c1-4-18-16(11-13-10-12(2)19-20(13)3)14-6-5-7-17-15(14)8-9-21-17/h8-10,14,16,18H,4-7,11H2,1-3H3. The van der Waals surface area contributed by atoms with Crippen molar-refractivity contribution in [2.45, 2.75) is 51.5 Å². The summed E-state index contributed by atoms with van der Waals surface area (Å²) >= 11 is 1.93.